The normalized spacial score (nSPS) is 18.4. The fourth-order valence-corrected chi connectivity index (χ4v) is 4.91. The molecule has 1 aromatic heterocycles. The Morgan fingerprint density at radius 2 is 2.07 bits per heavy atom. The van der Waals surface area contributed by atoms with E-state index in [9.17, 15) is 4.79 Å². The number of aromatic nitrogens is 1. The summed E-state index contributed by atoms with van der Waals surface area (Å²) in [6.45, 7) is 4.00. The van der Waals surface area contributed by atoms with Crippen LogP contribution in [-0.4, -0.2) is 35.4 Å². The lowest BCUT2D eigenvalue weighted by Gasteiger charge is -2.32. The van der Waals surface area contributed by atoms with Gasteiger partial charge < -0.3 is 10.2 Å². The van der Waals surface area contributed by atoms with Crippen LogP contribution in [0.15, 0.2) is 48.5 Å². The van der Waals surface area contributed by atoms with Gasteiger partial charge in [0.05, 0.1) is 21.8 Å². The van der Waals surface area contributed by atoms with E-state index in [2.05, 4.69) is 30.4 Å². The lowest BCUT2D eigenvalue weighted by molar-refractivity contribution is -0.131. The lowest BCUT2D eigenvalue weighted by Crippen LogP contribution is -2.43. The van der Waals surface area contributed by atoms with Crippen LogP contribution in [0.1, 0.15) is 42.3 Å². The van der Waals surface area contributed by atoms with Crippen molar-refractivity contribution in [3.05, 3.63) is 64.1 Å². The van der Waals surface area contributed by atoms with Crippen LogP contribution in [0.25, 0.3) is 10.2 Å². The average Bonchev–Trinajstić information content (AvgIpc) is 3.17. The molecule has 1 saturated heterocycles. The Morgan fingerprint density at radius 3 is 2.86 bits per heavy atom. The molecule has 2 aromatic carbocycles. The van der Waals surface area contributed by atoms with Crippen LogP contribution in [0, 0.1) is 0 Å². The Balaban J connectivity index is 1.35. The molecule has 0 spiro atoms. The Labute approximate surface area is 174 Å². The number of carbonyl (C=O) groups is 1. The van der Waals surface area contributed by atoms with Gasteiger partial charge in [-0.3, -0.25) is 4.79 Å². The van der Waals surface area contributed by atoms with Crippen molar-refractivity contribution in [2.75, 3.05) is 19.6 Å². The standard InChI is InChI=1S/C22H24ClN3OS/c1-15(16-8-10-18(23)11-9-16)24-13-21(27)26-12-4-5-17(14-26)22-25-19-6-2-3-7-20(19)28-22/h2-3,6-11,15,17,24H,4-5,12-14H2,1H3/t15-,17+/m1/s1. The number of carbonyl (C=O) groups excluding carboxylic acids is 1. The minimum absolute atomic E-state index is 0.103. The Morgan fingerprint density at radius 1 is 1.29 bits per heavy atom. The molecule has 3 aromatic rings. The molecule has 2 heterocycles. The van der Waals surface area contributed by atoms with Gasteiger partial charge in [0.1, 0.15) is 0 Å². The number of nitrogens with zero attached hydrogens (tertiary/aromatic N) is 2. The van der Waals surface area contributed by atoms with Crippen LogP contribution >= 0.6 is 22.9 Å². The highest BCUT2D eigenvalue weighted by Crippen LogP contribution is 2.33. The minimum Gasteiger partial charge on any atom is -0.341 e. The predicted molar refractivity (Wildman–Crippen MR) is 116 cm³/mol. The van der Waals surface area contributed by atoms with E-state index in [1.807, 2.05) is 35.2 Å². The van der Waals surface area contributed by atoms with Crippen molar-refractivity contribution in [2.24, 2.45) is 0 Å². The predicted octanol–water partition coefficient (Wildman–Crippen LogP) is 5.01. The molecule has 6 heteroatoms. The molecule has 28 heavy (non-hydrogen) atoms. The van der Waals surface area contributed by atoms with Gasteiger partial charge in [-0.1, -0.05) is 35.9 Å². The maximum atomic E-state index is 12.8. The molecule has 0 radical (unpaired) electrons. The van der Waals surface area contributed by atoms with E-state index in [4.69, 9.17) is 16.6 Å². The van der Waals surface area contributed by atoms with Crippen LogP contribution in [0.5, 0.6) is 0 Å². The zero-order valence-corrected chi connectivity index (χ0v) is 17.5. The highest BCUT2D eigenvalue weighted by molar-refractivity contribution is 7.18. The topological polar surface area (TPSA) is 45.2 Å². The smallest absolute Gasteiger partial charge is 0.236 e. The number of halogens is 1. The van der Waals surface area contributed by atoms with Crippen molar-refractivity contribution in [1.29, 1.82) is 0 Å². The van der Waals surface area contributed by atoms with Crippen molar-refractivity contribution in [3.63, 3.8) is 0 Å². The van der Waals surface area contributed by atoms with Crippen LogP contribution in [-0.2, 0) is 4.79 Å². The number of nitrogens with one attached hydrogen (secondary N) is 1. The zero-order chi connectivity index (χ0) is 19.5. The molecular weight excluding hydrogens is 390 g/mol. The third kappa shape index (κ3) is 4.37. The first-order chi connectivity index (χ1) is 13.6. The van der Waals surface area contributed by atoms with Gasteiger partial charge in [-0.05, 0) is 49.6 Å². The second-order valence-electron chi connectivity index (χ2n) is 7.35. The number of benzene rings is 2. The number of likely N-dealkylation sites (tertiary alicyclic amines) is 1. The zero-order valence-electron chi connectivity index (χ0n) is 15.9. The summed E-state index contributed by atoms with van der Waals surface area (Å²) in [6, 6.07) is 16.1. The molecule has 0 unspecified atom stereocenters. The summed E-state index contributed by atoms with van der Waals surface area (Å²) in [6.07, 6.45) is 2.12. The first-order valence-corrected chi connectivity index (χ1v) is 10.9. The average molecular weight is 414 g/mol. The number of piperidine rings is 1. The summed E-state index contributed by atoms with van der Waals surface area (Å²) in [7, 11) is 0. The first kappa shape index (κ1) is 19.4. The van der Waals surface area contributed by atoms with Crippen molar-refractivity contribution >= 4 is 39.1 Å². The van der Waals surface area contributed by atoms with Gasteiger partial charge in [-0.25, -0.2) is 4.98 Å². The van der Waals surface area contributed by atoms with Crippen LogP contribution in [0.3, 0.4) is 0 Å². The van der Waals surface area contributed by atoms with E-state index in [0.717, 1.165) is 47.0 Å². The quantitative estimate of drug-likeness (QED) is 0.639. The van der Waals surface area contributed by atoms with Crippen molar-refractivity contribution < 1.29 is 4.79 Å². The molecule has 0 saturated carbocycles. The number of para-hydroxylation sites is 1. The number of fused-ring (bicyclic) bond motifs is 1. The Kier molecular flexibility index (Phi) is 5.95. The molecule has 146 valence electrons. The second kappa shape index (κ2) is 8.60. The molecule has 1 aliphatic heterocycles. The van der Waals surface area contributed by atoms with Gasteiger partial charge in [0, 0.05) is 30.1 Å². The Bertz CT molecular complexity index is 923. The molecule has 4 rings (SSSR count). The maximum Gasteiger partial charge on any atom is 0.236 e. The third-order valence-electron chi connectivity index (χ3n) is 5.36. The lowest BCUT2D eigenvalue weighted by atomic mass is 9.98. The summed E-state index contributed by atoms with van der Waals surface area (Å²) in [5.41, 5.74) is 2.19. The fourth-order valence-electron chi connectivity index (χ4n) is 3.69. The number of thiazole rings is 1. The molecule has 1 fully saturated rings. The van der Waals surface area contributed by atoms with Crippen LogP contribution < -0.4 is 5.32 Å². The maximum absolute atomic E-state index is 12.8. The van der Waals surface area contributed by atoms with Gasteiger partial charge in [0.2, 0.25) is 5.91 Å². The fraction of sp³-hybridized carbons (Fsp3) is 0.364. The van der Waals surface area contributed by atoms with Gasteiger partial charge in [0.25, 0.3) is 0 Å². The third-order valence-corrected chi connectivity index (χ3v) is 6.81. The highest BCUT2D eigenvalue weighted by Gasteiger charge is 2.27. The molecule has 1 amide bonds. The molecular formula is C22H24ClN3OS. The van der Waals surface area contributed by atoms with E-state index in [0.29, 0.717) is 12.5 Å². The van der Waals surface area contributed by atoms with Crippen LogP contribution in [0.2, 0.25) is 5.02 Å². The largest absolute Gasteiger partial charge is 0.341 e. The van der Waals surface area contributed by atoms with E-state index in [1.54, 1.807) is 11.3 Å². The van der Waals surface area contributed by atoms with Gasteiger partial charge in [-0.2, -0.15) is 0 Å². The summed E-state index contributed by atoms with van der Waals surface area (Å²) in [4.78, 5) is 19.6. The summed E-state index contributed by atoms with van der Waals surface area (Å²) in [5.74, 6) is 0.496. The number of amides is 1. The number of rotatable bonds is 5. The Hall–Kier alpha value is -1.95. The number of hydrogen-bond donors (Lipinski definition) is 1. The van der Waals surface area contributed by atoms with E-state index in [1.165, 1.54) is 4.70 Å². The van der Waals surface area contributed by atoms with Crippen molar-refractivity contribution in [1.82, 2.24) is 15.2 Å². The molecule has 1 N–H and O–H groups in total. The van der Waals surface area contributed by atoms with Crippen molar-refractivity contribution in [2.45, 2.75) is 31.7 Å². The minimum atomic E-state index is 0.103. The molecule has 0 aliphatic carbocycles. The molecule has 2 atom stereocenters. The van der Waals surface area contributed by atoms with Crippen molar-refractivity contribution in [3.8, 4) is 0 Å². The highest BCUT2D eigenvalue weighted by atomic mass is 35.5. The summed E-state index contributed by atoms with van der Waals surface area (Å²) < 4.78 is 1.22. The van der Waals surface area contributed by atoms with E-state index < -0.39 is 0 Å². The monoisotopic (exact) mass is 413 g/mol. The molecule has 4 nitrogen and oxygen atoms in total. The van der Waals surface area contributed by atoms with Gasteiger partial charge in [0.15, 0.2) is 0 Å². The van der Waals surface area contributed by atoms with E-state index in [-0.39, 0.29) is 11.9 Å². The van der Waals surface area contributed by atoms with Gasteiger partial charge in [-0.15, -0.1) is 11.3 Å². The summed E-state index contributed by atoms with van der Waals surface area (Å²) in [5, 5.41) is 5.22. The van der Waals surface area contributed by atoms with Gasteiger partial charge >= 0.3 is 0 Å². The summed E-state index contributed by atoms with van der Waals surface area (Å²) >= 11 is 7.71. The SMILES string of the molecule is C[C@@H](NCC(=O)N1CCC[C@H](c2nc3ccccc3s2)C1)c1ccc(Cl)cc1. The first-order valence-electron chi connectivity index (χ1n) is 9.72. The molecule has 1 aliphatic rings. The van der Waals surface area contributed by atoms with Crippen LogP contribution in [0.4, 0.5) is 0 Å². The number of hydrogen-bond acceptors (Lipinski definition) is 4. The molecule has 0 bridgehead atoms. The van der Waals surface area contributed by atoms with E-state index >= 15 is 0 Å². The second-order valence-corrected chi connectivity index (χ2v) is 8.85.